The van der Waals surface area contributed by atoms with Crippen LogP contribution in [0.25, 0.3) is 67.2 Å². The summed E-state index contributed by atoms with van der Waals surface area (Å²) in [5, 5.41) is 0. The van der Waals surface area contributed by atoms with Crippen LogP contribution in [0, 0.1) is 51.0 Å². The molecule has 1 saturated carbocycles. The largest absolute Gasteiger partial charge is 3.00 e. The first-order valence-corrected chi connectivity index (χ1v) is 22.1. The molecule has 0 aliphatic heterocycles. The molecule has 0 amide bonds. The van der Waals surface area contributed by atoms with Gasteiger partial charge >= 0.3 is 20.1 Å². The van der Waals surface area contributed by atoms with Gasteiger partial charge < -0.3 is 15.0 Å². The summed E-state index contributed by atoms with van der Waals surface area (Å²) in [5.41, 5.74) is 13.1. The van der Waals surface area contributed by atoms with E-state index >= 15 is 0 Å². The molecule has 0 bridgehead atoms. The number of nitrogens with zero attached hydrogens (tertiary/aromatic N) is 3. The van der Waals surface area contributed by atoms with Gasteiger partial charge in [0.05, 0.1) is 0 Å². The second-order valence-corrected chi connectivity index (χ2v) is 17.2. The van der Waals surface area contributed by atoms with E-state index in [9.17, 15) is 0 Å². The van der Waals surface area contributed by atoms with Gasteiger partial charge in [0.2, 0.25) is 0 Å². The number of pyridine rings is 3. The van der Waals surface area contributed by atoms with Gasteiger partial charge in [-0.05, 0) is 118 Å². The number of benzene rings is 6. The van der Waals surface area contributed by atoms with Crippen molar-refractivity contribution in [3.05, 3.63) is 234 Å². The molecule has 0 spiro atoms. The van der Waals surface area contributed by atoms with Gasteiger partial charge in [0, 0.05) is 35.0 Å². The average molecular weight is 1060 g/mol. The van der Waals surface area contributed by atoms with Crippen LogP contribution in [-0.4, -0.2) is 15.0 Å². The standard InChI is InChI=1S/C27H30N.C23H16N.C13H12N.Ir/c1-19-5-12-26(28-18-19)24-7-6-20(2)25(17-24)23-10-8-21(9-11-23)22-13-15-27(3,4)16-14-22;1-3-7-18(8-4-1)19-11-13-20(14-12-19)22-15-16-24-23(17-22)21-9-5-2-6-10-21;1-10-3-6-12(7-4-10)13-8-5-11(2)9-14-13;/h5-6,8-12,17-18,22H,13-16H2,1-4H3;1-9,11-17H;3-6,8-9H,1-2H3;/q3*-1;+3/i1D3,2D3;;1D3,2D3;. The average Bonchev–Trinajstić information content (AvgIpc) is 3.45. The van der Waals surface area contributed by atoms with Crippen LogP contribution in [0.2, 0.25) is 0 Å². The summed E-state index contributed by atoms with van der Waals surface area (Å²) in [5.74, 6) is 0.546. The van der Waals surface area contributed by atoms with E-state index in [2.05, 4.69) is 114 Å². The molecule has 1 aliphatic rings. The van der Waals surface area contributed by atoms with Crippen LogP contribution >= 0.6 is 0 Å². The fourth-order valence-corrected chi connectivity index (χ4v) is 8.03. The Labute approximate surface area is 429 Å². The van der Waals surface area contributed by atoms with Gasteiger partial charge in [0.25, 0.3) is 0 Å². The number of rotatable bonds is 7. The molecule has 0 N–H and O–H groups in total. The summed E-state index contributed by atoms with van der Waals surface area (Å²) in [6.45, 7) is -4.18. The Morgan fingerprint density at radius 3 is 1.69 bits per heavy atom. The third-order valence-corrected chi connectivity index (χ3v) is 11.9. The minimum absolute atomic E-state index is 0. The molecule has 0 radical (unpaired) electrons. The van der Waals surface area contributed by atoms with Crippen LogP contribution in [0.3, 0.4) is 0 Å². The summed E-state index contributed by atoms with van der Waals surface area (Å²) < 4.78 is 90.2. The van der Waals surface area contributed by atoms with Gasteiger partial charge in [-0.15, -0.1) is 101 Å². The molecule has 4 heteroatoms. The fraction of sp³-hybridized carbons (Fsp3) is 0.190. The van der Waals surface area contributed by atoms with Gasteiger partial charge in [0.1, 0.15) is 0 Å². The molecule has 334 valence electrons. The number of aryl methyl sites for hydroxylation is 4. The second kappa shape index (κ2) is 22.7. The van der Waals surface area contributed by atoms with Crippen LogP contribution < -0.4 is 0 Å². The van der Waals surface area contributed by atoms with E-state index in [1.807, 2.05) is 54.7 Å². The maximum Gasteiger partial charge on any atom is 3.00 e. The molecule has 67 heavy (non-hydrogen) atoms. The van der Waals surface area contributed by atoms with Crippen LogP contribution in [-0.2, 0) is 20.1 Å². The molecular formula is C63H58IrN3. The van der Waals surface area contributed by atoms with Crippen molar-refractivity contribution in [2.45, 2.75) is 72.9 Å². The second-order valence-electron chi connectivity index (χ2n) is 17.2. The van der Waals surface area contributed by atoms with Crippen molar-refractivity contribution in [1.82, 2.24) is 15.0 Å². The van der Waals surface area contributed by atoms with Gasteiger partial charge in [0.15, 0.2) is 0 Å². The first-order valence-electron chi connectivity index (χ1n) is 28.1. The first kappa shape index (κ1) is 34.7. The molecular weight excluding hydrogens is 991 g/mol. The van der Waals surface area contributed by atoms with E-state index in [1.165, 1.54) is 90.7 Å². The van der Waals surface area contributed by atoms with Gasteiger partial charge in [-0.3, -0.25) is 0 Å². The van der Waals surface area contributed by atoms with Crippen LogP contribution in [0.5, 0.6) is 0 Å². The predicted molar refractivity (Wildman–Crippen MR) is 276 cm³/mol. The van der Waals surface area contributed by atoms with Crippen molar-refractivity contribution >= 4 is 0 Å². The Morgan fingerprint density at radius 2 is 1.09 bits per heavy atom. The molecule has 0 atom stereocenters. The van der Waals surface area contributed by atoms with E-state index in [4.69, 9.17) is 16.4 Å². The topological polar surface area (TPSA) is 38.7 Å². The van der Waals surface area contributed by atoms with Crippen LogP contribution in [0.15, 0.2) is 188 Å². The summed E-state index contributed by atoms with van der Waals surface area (Å²) in [6.07, 6.45) is 9.28. The summed E-state index contributed by atoms with van der Waals surface area (Å²) in [7, 11) is 0. The fourth-order valence-electron chi connectivity index (χ4n) is 8.03. The third kappa shape index (κ3) is 13.1. The van der Waals surface area contributed by atoms with Crippen molar-refractivity contribution in [2.75, 3.05) is 0 Å². The van der Waals surface area contributed by atoms with Crippen molar-refractivity contribution < 1.29 is 36.6 Å². The Balaban J connectivity index is 0.000000177. The number of hydrogen-bond donors (Lipinski definition) is 0. The zero-order chi connectivity index (χ0) is 55.9. The smallest absolute Gasteiger partial charge is 0.305 e. The molecule has 1 fully saturated rings. The molecule has 3 heterocycles. The minimum Gasteiger partial charge on any atom is -0.305 e. The monoisotopic (exact) mass is 1060 g/mol. The van der Waals surface area contributed by atoms with Gasteiger partial charge in [-0.1, -0.05) is 142 Å². The summed E-state index contributed by atoms with van der Waals surface area (Å²) in [6, 6.07) is 62.6. The van der Waals surface area contributed by atoms with Crippen LogP contribution in [0.1, 0.15) is 89.7 Å². The normalized spacial score (nSPS) is 16.3. The molecule has 3 nitrogen and oxygen atoms in total. The Kier molecular flexibility index (Phi) is 11.8. The maximum atomic E-state index is 8.01. The van der Waals surface area contributed by atoms with E-state index in [0.717, 1.165) is 22.4 Å². The summed E-state index contributed by atoms with van der Waals surface area (Å²) >= 11 is 0. The predicted octanol–water partition coefficient (Wildman–Crippen LogP) is 16.6. The number of hydrogen-bond acceptors (Lipinski definition) is 3. The summed E-state index contributed by atoms with van der Waals surface area (Å²) in [4.78, 5) is 12.8. The first-order chi connectivity index (χ1) is 36.9. The SMILES string of the molecule is [2H]C([2H])([2H])c1c[c-]c(-c2ccc(C([2H])([2H])[2H])cn2)cc1.[2H]C([2H])([2H])c1ccc(-c2[c-]cc(C([2H])([2H])[2H])c(-c3ccc(C4CCC(C)(C)CC4)cc3)c2)nc1.[Ir+3].[c-]1ccccc1-c1cc(-c2ccc(-c3ccccc3)cc2)ccn1. The molecule has 0 saturated heterocycles. The minimum atomic E-state index is -2.28. The van der Waals surface area contributed by atoms with Crippen molar-refractivity contribution in [1.29, 1.82) is 0 Å². The quantitative estimate of drug-likeness (QED) is 0.149. The van der Waals surface area contributed by atoms with Crippen molar-refractivity contribution in [3.63, 3.8) is 0 Å². The molecule has 6 aromatic carbocycles. The van der Waals surface area contributed by atoms with E-state index < -0.39 is 27.4 Å². The molecule has 3 aromatic heterocycles. The molecule has 10 rings (SSSR count). The Hall–Kier alpha value is -6.58. The third-order valence-electron chi connectivity index (χ3n) is 11.9. The Morgan fingerprint density at radius 1 is 0.493 bits per heavy atom. The maximum absolute atomic E-state index is 8.01. The van der Waals surface area contributed by atoms with E-state index in [1.54, 1.807) is 24.3 Å². The Bertz CT molecular complexity index is 3310. The zero-order valence-corrected chi connectivity index (χ0v) is 39.9. The van der Waals surface area contributed by atoms with Crippen molar-refractivity contribution in [2.24, 2.45) is 5.41 Å². The van der Waals surface area contributed by atoms with Crippen molar-refractivity contribution in [3.8, 4) is 67.2 Å². The zero-order valence-electron chi connectivity index (χ0n) is 49.5. The van der Waals surface area contributed by atoms with Gasteiger partial charge in [-0.25, -0.2) is 0 Å². The number of aromatic nitrogens is 3. The van der Waals surface area contributed by atoms with Gasteiger partial charge in [-0.2, -0.15) is 0 Å². The van der Waals surface area contributed by atoms with E-state index in [-0.39, 0.29) is 42.4 Å². The molecule has 1 aliphatic carbocycles. The van der Waals surface area contributed by atoms with E-state index in [0.29, 0.717) is 39.4 Å². The molecule has 9 aromatic rings. The van der Waals surface area contributed by atoms with Crippen LogP contribution in [0.4, 0.5) is 0 Å². The molecule has 0 unspecified atom stereocenters.